The number of hydrogen-bond acceptors (Lipinski definition) is 4. The molecule has 0 aromatic heterocycles. The number of nitrogens with one attached hydrogen (secondary N) is 1. The van der Waals surface area contributed by atoms with Gasteiger partial charge in [-0.15, -0.1) is 0 Å². The van der Waals surface area contributed by atoms with Crippen LogP contribution in [-0.2, 0) is 32.6 Å². The minimum absolute atomic E-state index is 0.0114. The van der Waals surface area contributed by atoms with Crippen LogP contribution in [0.4, 0.5) is 10.1 Å². The molecule has 1 atom stereocenters. The van der Waals surface area contributed by atoms with Crippen LogP contribution in [0.3, 0.4) is 0 Å². The summed E-state index contributed by atoms with van der Waals surface area (Å²) in [4.78, 5) is 28.8. The normalized spacial score (nSPS) is 12.2. The maximum absolute atomic E-state index is 14.6. The molecule has 0 aliphatic carbocycles. The molecule has 3 aromatic rings. The number of benzene rings is 3. The first-order valence-corrected chi connectivity index (χ1v) is 14.8. The number of carbonyl (C=O) groups excluding carboxylic acids is 2. The van der Waals surface area contributed by atoms with E-state index in [9.17, 15) is 22.4 Å². The lowest BCUT2D eigenvalue weighted by atomic mass is 10.0. The first-order chi connectivity index (χ1) is 18.5. The van der Waals surface area contributed by atoms with Gasteiger partial charge in [-0.25, -0.2) is 12.8 Å². The standard InChI is InChI=1S/C29H33ClFN3O4S/c1-21(2)18-32-29(36)27(17-22-9-5-4-6-10-22)33(19-23-13-15-24(30)16-14-23)28(35)20-34(39(3,37)38)26-12-8-7-11-25(26)31/h4-16,21,27H,17-20H2,1-3H3,(H,32,36)/t27-/m1/s1. The highest BCUT2D eigenvalue weighted by molar-refractivity contribution is 7.92. The van der Waals surface area contributed by atoms with Gasteiger partial charge in [0.05, 0.1) is 11.9 Å². The molecule has 0 spiro atoms. The number of halogens is 2. The second-order valence-electron chi connectivity index (χ2n) is 9.71. The topological polar surface area (TPSA) is 86.8 Å². The highest BCUT2D eigenvalue weighted by Gasteiger charge is 2.33. The van der Waals surface area contributed by atoms with Crippen molar-refractivity contribution in [3.05, 3.63) is 101 Å². The van der Waals surface area contributed by atoms with Crippen molar-refractivity contribution >= 4 is 39.1 Å². The average molecular weight is 574 g/mol. The molecule has 10 heteroatoms. The van der Waals surface area contributed by atoms with Gasteiger partial charge in [-0.2, -0.15) is 0 Å². The predicted octanol–water partition coefficient (Wildman–Crippen LogP) is 4.66. The van der Waals surface area contributed by atoms with Crippen LogP contribution >= 0.6 is 11.6 Å². The number of anilines is 1. The number of hydrogen-bond donors (Lipinski definition) is 1. The van der Waals surface area contributed by atoms with E-state index < -0.39 is 34.3 Å². The number of para-hydroxylation sites is 1. The van der Waals surface area contributed by atoms with E-state index in [2.05, 4.69) is 5.32 Å². The van der Waals surface area contributed by atoms with Crippen LogP contribution in [0.15, 0.2) is 78.9 Å². The summed E-state index contributed by atoms with van der Waals surface area (Å²) in [5, 5.41) is 3.42. The Morgan fingerprint density at radius 2 is 1.54 bits per heavy atom. The van der Waals surface area contributed by atoms with Crippen LogP contribution in [0.25, 0.3) is 0 Å². The monoisotopic (exact) mass is 573 g/mol. The zero-order chi connectivity index (χ0) is 28.6. The minimum Gasteiger partial charge on any atom is -0.354 e. The van der Waals surface area contributed by atoms with Gasteiger partial charge in [-0.3, -0.25) is 13.9 Å². The lowest BCUT2D eigenvalue weighted by Crippen LogP contribution is -2.53. The maximum atomic E-state index is 14.6. The van der Waals surface area contributed by atoms with Crippen molar-refractivity contribution in [2.75, 3.05) is 23.7 Å². The lowest BCUT2D eigenvalue weighted by Gasteiger charge is -2.33. The van der Waals surface area contributed by atoms with Crippen LogP contribution in [0.1, 0.15) is 25.0 Å². The third-order valence-electron chi connectivity index (χ3n) is 6.02. The minimum atomic E-state index is -4.05. The Hall–Kier alpha value is -3.43. The fourth-order valence-electron chi connectivity index (χ4n) is 4.01. The summed E-state index contributed by atoms with van der Waals surface area (Å²) in [6.07, 6.45) is 1.11. The summed E-state index contributed by atoms with van der Waals surface area (Å²) in [6.45, 7) is 3.65. The van der Waals surface area contributed by atoms with Gasteiger partial charge in [0.1, 0.15) is 18.4 Å². The molecule has 208 valence electrons. The van der Waals surface area contributed by atoms with Crippen molar-refractivity contribution in [2.24, 2.45) is 5.92 Å². The largest absolute Gasteiger partial charge is 0.354 e. The fraction of sp³-hybridized carbons (Fsp3) is 0.310. The second-order valence-corrected chi connectivity index (χ2v) is 12.1. The fourth-order valence-corrected chi connectivity index (χ4v) is 4.99. The van der Waals surface area contributed by atoms with Gasteiger partial charge in [0, 0.05) is 24.5 Å². The summed E-state index contributed by atoms with van der Waals surface area (Å²) in [6, 6.07) is 20.5. The number of rotatable bonds is 12. The Labute approximate surface area is 234 Å². The Kier molecular flexibility index (Phi) is 10.5. The zero-order valence-corrected chi connectivity index (χ0v) is 23.8. The molecule has 0 radical (unpaired) electrons. The Morgan fingerprint density at radius 1 is 0.923 bits per heavy atom. The third-order valence-corrected chi connectivity index (χ3v) is 7.40. The Bertz CT molecular complexity index is 1370. The number of carbonyl (C=O) groups is 2. The van der Waals surface area contributed by atoms with Crippen molar-refractivity contribution in [1.82, 2.24) is 10.2 Å². The molecule has 0 fully saturated rings. The van der Waals surface area contributed by atoms with Gasteiger partial charge in [0.15, 0.2) is 0 Å². The number of sulfonamides is 1. The summed E-state index contributed by atoms with van der Waals surface area (Å²) >= 11 is 6.05. The summed E-state index contributed by atoms with van der Waals surface area (Å²) < 4.78 is 40.8. The van der Waals surface area contributed by atoms with Gasteiger partial charge in [0.25, 0.3) is 0 Å². The second kappa shape index (κ2) is 13.6. The summed E-state index contributed by atoms with van der Waals surface area (Å²) in [7, 11) is -4.05. The molecule has 3 rings (SSSR count). The summed E-state index contributed by atoms with van der Waals surface area (Å²) in [5.41, 5.74) is 1.27. The van der Waals surface area contributed by atoms with Crippen molar-refractivity contribution in [3.63, 3.8) is 0 Å². The maximum Gasteiger partial charge on any atom is 0.244 e. The summed E-state index contributed by atoms with van der Waals surface area (Å²) in [5.74, 6) is -1.63. The molecule has 0 bridgehead atoms. The van der Waals surface area contributed by atoms with Crippen molar-refractivity contribution in [2.45, 2.75) is 32.9 Å². The van der Waals surface area contributed by atoms with Crippen LogP contribution < -0.4 is 9.62 Å². The first-order valence-electron chi connectivity index (χ1n) is 12.5. The van der Waals surface area contributed by atoms with Gasteiger partial charge < -0.3 is 10.2 Å². The average Bonchev–Trinajstić information content (AvgIpc) is 2.89. The molecular weight excluding hydrogens is 541 g/mol. The molecule has 0 saturated carbocycles. The Balaban J connectivity index is 2.05. The number of amides is 2. The third kappa shape index (κ3) is 8.80. The van der Waals surface area contributed by atoms with E-state index >= 15 is 0 Å². The highest BCUT2D eigenvalue weighted by atomic mass is 35.5. The SMILES string of the molecule is CC(C)CNC(=O)[C@@H](Cc1ccccc1)N(Cc1ccc(Cl)cc1)C(=O)CN(c1ccccc1F)S(C)(=O)=O. The zero-order valence-electron chi connectivity index (χ0n) is 22.2. The molecule has 7 nitrogen and oxygen atoms in total. The van der Waals surface area contributed by atoms with Crippen LogP contribution in [0, 0.1) is 11.7 Å². The van der Waals surface area contributed by atoms with E-state index in [1.165, 1.54) is 23.1 Å². The molecule has 0 aliphatic heterocycles. The lowest BCUT2D eigenvalue weighted by molar-refractivity contribution is -0.140. The van der Waals surface area contributed by atoms with Gasteiger partial charge in [-0.1, -0.05) is 80.0 Å². The van der Waals surface area contributed by atoms with E-state index in [0.29, 0.717) is 17.1 Å². The first kappa shape index (κ1) is 30.1. The van der Waals surface area contributed by atoms with E-state index in [1.54, 1.807) is 24.3 Å². The molecule has 39 heavy (non-hydrogen) atoms. The Morgan fingerprint density at radius 3 is 2.13 bits per heavy atom. The van der Waals surface area contributed by atoms with Gasteiger partial charge in [0.2, 0.25) is 21.8 Å². The molecule has 2 amide bonds. The van der Waals surface area contributed by atoms with Gasteiger partial charge >= 0.3 is 0 Å². The van der Waals surface area contributed by atoms with Crippen molar-refractivity contribution < 1.29 is 22.4 Å². The molecule has 0 unspecified atom stereocenters. The van der Waals surface area contributed by atoms with Crippen molar-refractivity contribution in [3.8, 4) is 0 Å². The van der Waals surface area contributed by atoms with Crippen LogP contribution in [0.2, 0.25) is 5.02 Å². The molecular formula is C29H33ClFN3O4S. The molecule has 0 saturated heterocycles. The van der Waals surface area contributed by atoms with Gasteiger partial charge in [-0.05, 0) is 41.3 Å². The predicted molar refractivity (Wildman–Crippen MR) is 152 cm³/mol. The van der Waals surface area contributed by atoms with E-state index in [0.717, 1.165) is 22.2 Å². The van der Waals surface area contributed by atoms with E-state index in [1.807, 2.05) is 44.2 Å². The smallest absolute Gasteiger partial charge is 0.244 e. The molecule has 0 aliphatic rings. The van der Waals surface area contributed by atoms with Crippen molar-refractivity contribution in [1.29, 1.82) is 0 Å². The quantitative estimate of drug-likeness (QED) is 0.341. The molecule has 1 N–H and O–H groups in total. The number of nitrogens with zero attached hydrogens (tertiary/aromatic N) is 2. The van der Waals surface area contributed by atoms with Crippen LogP contribution in [0.5, 0.6) is 0 Å². The van der Waals surface area contributed by atoms with E-state index in [4.69, 9.17) is 11.6 Å². The highest BCUT2D eigenvalue weighted by Crippen LogP contribution is 2.23. The molecule has 3 aromatic carbocycles. The molecule has 0 heterocycles. The van der Waals surface area contributed by atoms with Crippen LogP contribution in [-0.4, -0.2) is 50.5 Å². The van der Waals surface area contributed by atoms with E-state index in [-0.39, 0.29) is 30.5 Å².